The molecule has 1 aromatic heterocycles. The van der Waals surface area contributed by atoms with E-state index in [1.807, 2.05) is 11.3 Å². The third kappa shape index (κ3) is 3.63. The zero-order chi connectivity index (χ0) is 17.3. The number of hydrogen-bond donors (Lipinski definition) is 0. The van der Waals surface area contributed by atoms with E-state index >= 15 is 0 Å². The average Bonchev–Trinajstić information content (AvgIpc) is 3.02. The number of carbonyl (C=O) groups excluding carboxylic acids is 1. The summed E-state index contributed by atoms with van der Waals surface area (Å²) in [7, 11) is 2.17. The molecule has 5 nitrogen and oxygen atoms in total. The number of rotatable bonds is 2. The summed E-state index contributed by atoms with van der Waals surface area (Å²) in [6.07, 6.45) is 4.07. The van der Waals surface area contributed by atoms with Gasteiger partial charge in [0.1, 0.15) is 5.60 Å². The van der Waals surface area contributed by atoms with Crippen LogP contribution in [0.3, 0.4) is 0 Å². The van der Waals surface area contributed by atoms with Crippen LogP contribution in [0.4, 0.5) is 0 Å². The number of carbonyl (C=O) groups is 1. The summed E-state index contributed by atoms with van der Waals surface area (Å²) >= 11 is 1.83. The standard InChI is InChI=1S/C19H29N3O2S/c1-20-7-2-8-21(12-11-20)15-17(23)22-9-5-19(6-10-22)18-16(3-13-24-19)4-14-25-18/h4,14H,2-3,5-13,15H2,1H3. The fraction of sp³-hybridized carbons (Fsp3) is 0.737. The number of nitrogens with zero attached hydrogens (tertiary/aromatic N) is 3. The molecule has 138 valence electrons. The normalized spacial score (nSPS) is 24.9. The largest absolute Gasteiger partial charge is 0.369 e. The third-order valence-electron chi connectivity index (χ3n) is 6.01. The summed E-state index contributed by atoms with van der Waals surface area (Å²) in [6.45, 7) is 7.28. The molecule has 1 spiro atoms. The van der Waals surface area contributed by atoms with E-state index in [0.29, 0.717) is 12.5 Å². The van der Waals surface area contributed by atoms with Crippen molar-refractivity contribution in [2.24, 2.45) is 0 Å². The number of piperidine rings is 1. The van der Waals surface area contributed by atoms with Crippen LogP contribution in [-0.2, 0) is 21.6 Å². The zero-order valence-electron chi connectivity index (χ0n) is 15.2. The molecule has 2 fully saturated rings. The zero-order valence-corrected chi connectivity index (χ0v) is 16.0. The number of fused-ring (bicyclic) bond motifs is 2. The van der Waals surface area contributed by atoms with E-state index in [0.717, 1.165) is 71.6 Å². The van der Waals surface area contributed by atoms with Gasteiger partial charge in [-0.1, -0.05) is 0 Å². The number of likely N-dealkylation sites (tertiary alicyclic amines) is 1. The molecule has 0 aromatic carbocycles. The minimum Gasteiger partial charge on any atom is -0.369 e. The number of hydrogen-bond acceptors (Lipinski definition) is 5. The number of likely N-dealkylation sites (N-methyl/N-ethyl adjacent to an activating group) is 1. The van der Waals surface area contributed by atoms with Crippen molar-refractivity contribution in [1.82, 2.24) is 14.7 Å². The molecule has 1 aromatic rings. The molecule has 3 aliphatic heterocycles. The average molecular weight is 364 g/mol. The summed E-state index contributed by atoms with van der Waals surface area (Å²) in [5.41, 5.74) is 1.34. The van der Waals surface area contributed by atoms with Crippen molar-refractivity contribution in [2.75, 3.05) is 59.5 Å². The SMILES string of the molecule is CN1CCCN(CC(=O)N2CCC3(CC2)OCCc2ccsc23)CC1. The highest BCUT2D eigenvalue weighted by Crippen LogP contribution is 2.44. The highest BCUT2D eigenvalue weighted by molar-refractivity contribution is 7.10. The monoisotopic (exact) mass is 363 g/mol. The van der Waals surface area contributed by atoms with Crippen LogP contribution >= 0.6 is 11.3 Å². The second-order valence-electron chi connectivity index (χ2n) is 7.68. The minimum atomic E-state index is -0.121. The molecule has 0 radical (unpaired) electrons. The van der Waals surface area contributed by atoms with Gasteiger partial charge in [0.2, 0.25) is 5.91 Å². The molecule has 0 N–H and O–H groups in total. The summed E-state index contributed by atoms with van der Waals surface area (Å²) in [6, 6.07) is 2.25. The van der Waals surface area contributed by atoms with Crippen LogP contribution in [-0.4, -0.2) is 80.1 Å². The van der Waals surface area contributed by atoms with Gasteiger partial charge >= 0.3 is 0 Å². The van der Waals surface area contributed by atoms with Crippen molar-refractivity contribution in [2.45, 2.75) is 31.3 Å². The van der Waals surface area contributed by atoms with Gasteiger partial charge in [0.05, 0.1) is 13.2 Å². The number of thiophene rings is 1. The maximum atomic E-state index is 12.8. The lowest BCUT2D eigenvalue weighted by Crippen LogP contribution is -2.50. The van der Waals surface area contributed by atoms with E-state index < -0.39 is 0 Å². The minimum absolute atomic E-state index is 0.121. The van der Waals surface area contributed by atoms with Gasteiger partial charge in [-0.05, 0) is 62.8 Å². The Kier molecular flexibility index (Phi) is 5.13. The van der Waals surface area contributed by atoms with Crippen molar-refractivity contribution in [1.29, 1.82) is 0 Å². The Labute approximate surface area is 154 Å². The molecule has 1 amide bonds. The lowest BCUT2D eigenvalue weighted by Gasteiger charge is -2.44. The van der Waals surface area contributed by atoms with Crippen molar-refractivity contribution < 1.29 is 9.53 Å². The fourth-order valence-electron chi connectivity index (χ4n) is 4.39. The molecule has 0 unspecified atom stereocenters. The van der Waals surface area contributed by atoms with Crippen LogP contribution in [0, 0.1) is 0 Å². The smallest absolute Gasteiger partial charge is 0.236 e. The molecular formula is C19H29N3O2S. The second-order valence-corrected chi connectivity index (χ2v) is 8.60. The van der Waals surface area contributed by atoms with Crippen LogP contribution in [0.2, 0.25) is 0 Å². The van der Waals surface area contributed by atoms with Crippen molar-refractivity contribution in [3.8, 4) is 0 Å². The van der Waals surface area contributed by atoms with E-state index in [1.54, 1.807) is 0 Å². The van der Waals surface area contributed by atoms with E-state index in [4.69, 9.17) is 4.74 Å². The predicted molar refractivity (Wildman–Crippen MR) is 100 cm³/mol. The Hall–Kier alpha value is -0.950. The summed E-state index contributed by atoms with van der Waals surface area (Å²) in [5, 5.41) is 2.19. The van der Waals surface area contributed by atoms with E-state index in [-0.39, 0.29) is 5.60 Å². The molecule has 4 heterocycles. The van der Waals surface area contributed by atoms with E-state index in [1.165, 1.54) is 10.4 Å². The highest BCUT2D eigenvalue weighted by atomic mass is 32.1. The Balaban J connectivity index is 1.34. The molecule has 4 rings (SSSR count). The third-order valence-corrected chi connectivity index (χ3v) is 7.15. The maximum absolute atomic E-state index is 12.8. The van der Waals surface area contributed by atoms with Crippen LogP contribution in [0.5, 0.6) is 0 Å². The molecule has 25 heavy (non-hydrogen) atoms. The van der Waals surface area contributed by atoms with E-state index in [2.05, 4.69) is 33.2 Å². The Bertz CT molecular complexity index is 610. The van der Waals surface area contributed by atoms with Gasteiger partial charge in [-0.25, -0.2) is 0 Å². The van der Waals surface area contributed by atoms with Gasteiger partial charge in [-0.15, -0.1) is 11.3 Å². The molecule has 0 aliphatic carbocycles. The Morgan fingerprint density at radius 1 is 1.20 bits per heavy atom. The molecular weight excluding hydrogens is 334 g/mol. The molecule has 0 bridgehead atoms. The maximum Gasteiger partial charge on any atom is 0.236 e. The van der Waals surface area contributed by atoms with Gasteiger partial charge in [-0.2, -0.15) is 0 Å². The van der Waals surface area contributed by atoms with Gasteiger partial charge in [0.15, 0.2) is 0 Å². The summed E-state index contributed by atoms with van der Waals surface area (Å²) in [4.78, 5) is 20.9. The Morgan fingerprint density at radius 2 is 2.04 bits per heavy atom. The number of ether oxygens (including phenoxy) is 1. The first kappa shape index (κ1) is 17.5. The van der Waals surface area contributed by atoms with Gasteiger partial charge < -0.3 is 14.5 Å². The van der Waals surface area contributed by atoms with Crippen LogP contribution in [0.25, 0.3) is 0 Å². The first-order valence-electron chi connectivity index (χ1n) is 9.56. The lowest BCUT2D eigenvalue weighted by atomic mass is 9.85. The second kappa shape index (κ2) is 7.35. The molecule has 6 heteroatoms. The predicted octanol–water partition coefficient (Wildman–Crippen LogP) is 1.78. The first-order valence-corrected chi connectivity index (χ1v) is 10.4. The summed E-state index contributed by atoms with van der Waals surface area (Å²) in [5.74, 6) is 0.293. The topological polar surface area (TPSA) is 36.0 Å². The first-order chi connectivity index (χ1) is 12.2. The molecule has 2 saturated heterocycles. The van der Waals surface area contributed by atoms with Gasteiger partial charge in [0, 0.05) is 31.1 Å². The summed E-state index contributed by atoms with van der Waals surface area (Å²) < 4.78 is 6.25. The van der Waals surface area contributed by atoms with Crippen LogP contribution in [0.1, 0.15) is 29.7 Å². The van der Waals surface area contributed by atoms with Gasteiger partial charge in [0.25, 0.3) is 0 Å². The van der Waals surface area contributed by atoms with Crippen molar-refractivity contribution in [3.63, 3.8) is 0 Å². The van der Waals surface area contributed by atoms with Gasteiger partial charge in [-0.3, -0.25) is 9.69 Å². The lowest BCUT2D eigenvalue weighted by molar-refractivity contribution is -0.141. The Morgan fingerprint density at radius 3 is 2.88 bits per heavy atom. The molecule has 0 saturated carbocycles. The van der Waals surface area contributed by atoms with E-state index in [9.17, 15) is 4.79 Å². The number of amides is 1. The highest BCUT2D eigenvalue weighted by Gasteiger charge is 2.42. The fourth-order valence-corrected chi connectivity index (χ4v) is 5.56. The quantitative estimate of drug-likeness (QED) is 0.802. The molecule has 3 aliphatic rings. The van der Waals surface area contributed by atoms with Crippen LogP contribution in [0.15, 0.2) is 11.4 Å². The molecule has 0 atom stereocenters. The van der Waals surface area contributed by atoms with Crippen molar-refractivity contribution >= 4 is 17.2 Å². The van der Waals surface area contributed by atoms with Crippen molar-refractivity contribution in [3.05, 3.63) is 21.9 Å². The van der Waals surface area contributed by atoms with Crippen LogP contribution < -0.4 is 0 Å².